The first-order valence-electron chi connectivity index (χ1n) is 5.26. The minimum absolute atomic E-state index is 0. The van der Waals surface area contributed by atoms with Gasteiger partial charge in [-0.25, -0.2) is 4.79 Å². The second kappa shape index (κ2) is 7.21. The first-order chi connectivity index (χ1) is 8.25. The van der Waals surface area contributed by atoms with Gasteiger partial charge < -0.3 is 9.84 Å². The van der Waals surface area contributed by atoms with E-state index in [1.165, 1.54) is 12.1 Å². The van der Waals surface area contributed by atoms with Gasteiger partial charge in [-0.1, -0.05) is 30.3 Å². The molecule has 87 valence electrons. The summed E-state index contributed by atoms with van der Waals surface area (Å²) in [6.45, 7) is 0.479. The molecule has 1 radical (unpaired) electrons. The summed E-state index contributed by atoms with van der Waals surface area (Å²) in [7, 11) is 0. The van der Waals surface area contributed by atoms with Gasteiger partial charge in [-0.3, -0.25) is 0 Å². The number of carbonyl (C=O) groups is 1. The molecule has 0 aliphatic rings. The Morgan fingerprint density at radius 1 is 1.00 bits per heavy atom. The van der Waals surface area contributed by atoms with Gasteiger partial charge in [0, 0.05) is 29.6 Å². The number of aromatic carboxylic acids is 1. The third-order valence-electron chi connectivity index (χ3n) is 2.35. The van der Waals surface area contributed by atoms with E-state index >= 15 is 0 Å². The predicted molar refractivity (Wildman–Crippen MR) is 69.9 cm³/mol. The van der Waals surface area contributed by atoms with Crippen LogP contribution in [0, 0.1) is 0 Å². The summed E-state index contributed by atoms with van der Waals surface area (Å²) in [5, 5.41) is 8.74. The van der Waals surface area contributed by atoms with Crippen molar-refractivity contribution >= 4 is 35.5 Å². The number of carboxylic acid groups (broad SMARTS) is 1. The van der Waals surface area contributed by atoms with Gasteiger partial charge in [-0.05, 0) is 29.8 Å². The fraction of sp³-hybridized carbons (Fsp3) is 0.0714. The second-order valence-corrected chi connectivity index (χ2v) is 3.60. The molecule has 0 saturated carbocycles. The smallest absolute Gasteiger partial charge is 0.335 e. The van der Waals surface area contributed by atoms with Crippen molar-refractivity contribution in [2.24, 2.45) is 0 Å². The van der Waals surface area contributed by atoms with Crippen LogP contribution in [0.3, 0.4) is 0 Å². The van der Waals surface area contributed by atoms with E-state index in [2.05, 4.69) is 0 Å². The van der Waals surface area contributed by atoms with E-state index in [4.69, 9.17) is 9.84 Å². The van der Waals surface area contributed by atoms with E-state index in [0.717, 1.165) is 5.56 Å². The van der Waals surface area contributed by atoms with Crippen LogP contribution in [0.15, 0.2) is 54.6 Å². The Kier molecular flexibility index (Phi) is 5.92. The molecule has 1 N–H and O–H groups in total. The van der Waals surface area contributed by atoms with Gasteiger partial charge in [0.15, 0.2) is 0 Å². The maximum Gasteiger partial charge on any atom is 0.335 e. The molecule has 18 heavy (non-hydrogen) atoms. The first-order valence-corrected chi connectivity index (χ1v) is 5.26. The molecule has 0 aliphatic heterocycles. The molecule has 0 aliphatic carbocycles. The van der Waals surface area contributed by atoms with Crippen molar-refractivity contribution in [1.82, 2.24) is 0 Å². The van der Waals surface area contributed by atoms with Crippen LogP contribution >= 0.6 is 0 Å². The number of ether oxygens (including phenoxy) is 1. The minimum Gasteiger partial charge on any atom is -0.489 e. The molecule has 0 bridgehead atoms. The topological polar surface area (TPSA) is 46.5 Å². The normalized spacial score (nSPS) is 9.33. The van der Waals surface area contributed by atoms with Crippen LogP contribution in [0.4, 0.5) is 0 Å². The Bertz CT molecular complexity index is 494. The molecule has 2 aromatic rings. The fourth-order valence-corrected chi connectivity index (χ4v) is 1.43. The van der Waals surface area contributed by atoms with Gasteiger partial charge in [0.25, 0.3) is 0 Å². The molecule has 0 amide bonds. The third-order valence-corrected chi connectivity index (χ3v) is 2.35. The molecule has 0 heterocycles. The van der Waals surface area contributed by atoms with Gasteiger partial charge in [-0.2, -0.15) is 0 Å². The Morgan fingerprint density at radius 2 is 1.61 bits per heavy atom. The average molecular weight is 251 g/mol. The van der Waals surface area contributed by atoms with Crippen LogP contribution in [0.2, 0.25) is 0 Å². The maximum absolute atomic E-state index is 10.7. The monoisotopic (exact) mass is 251 g/mol. The minimum atomic E-state index is -0.931. The summed E-state index contributed by atoms with van der Waals surface area (Å²) in [5.41, 5.74) is 1.34. The standard InChI is InChI=1S/C14H12O3.Na/c15-14(16)12-6-8-13(9-7-12)17-10-11-4-2-1-3-5-11;/h1-9H,10H2,(H,15,16);. The van der Waals surface area contributed by atoms with Gasteiger partial charge >= 0.3 is 5.97 Å². The molecular formula is C14H12NaO3. The molecule has 0 fully saturated rings. The zero-order valence-electron chi connectivity index (χ0n) is 10.2. The van der Waals surface area contributed by atoms with E-state index in [1.54, 1.807) is 12.1 Å². The second-order valence-electron chi connectivity index (χ2n) is 3.60. The Labute approximate surface area is 128 Å². The zero-order chi connectivity index (χ0) is 12.1. The summed E-state index contributed by atoms with van der Waals surface area (Å²) in [5.74, 6) is -0.265. The number of benzene rings is 2. The molecule has 0 atom stereocenters. The van der Waals surface area contributed by atoms with E-state index in [9.17, 15) is 4.79 Å². The van der Waals surface area contributed by atoms with Gasteiger partial charge in [0.2, 0.25) is 0 Å². The molecule has 4 heteroatoms. The Balaban J connectivity index is 0.00000162. The molecule has 0 spiro atoms. The van der Waals surface area contributed by atoms with Crippen molar-refractivity contribution in [3.05, 3.63) is 65.7 Å². The van der Waals surface area contributed by atoms with Crippen LogP contribution in [0.5, 0.6) is 5.75 Å². The molecular weight excluding hydrogens is 239 g/mol. The van der Waals surface area contributed by atoms with Crippen molar-refractivity contribution in [2.45, 2.75) is 6.61 Å². The van der Waals surface area contributed by atoms with Crippen molar-refractivity contribution in [3.8, 4) is 5.75 Å². The quantitative estimate of drug-likeness (QED) is 0.849. The van der Waals surface area contributed by atoms with Gasteiger partial charge in [0.1, 0.15) is 12.4 Å². The average Bonchev–Trinajstić information content (AvgIpc) is 2.38. The molecule has 0 aromatic heterocycles. The number of carboxylic acids is 1. The van der Waals surface area contributed by atoms with E-state index in [1.807, 2.05) is 30.3 Å². The van der Waals surface area contributed by atoms with E-state index in [0.29, 0.717) is 12.4 Å². The van der Waals surface area contributed by atoms with Crippen LogP contribution in [-0.4, -0.2) is 40.6 Å². The number of rotatable bonds is 4. The van der Waals surface area contributed by atoms with E-state index < -0.39 is 5.97 Å². The van der Waals surface area contributed by atoms with Crippen molar-refractivity contribution in [1.29, 1.82) is 0 Å². The van der Waals surface area contributed by atoms with Crippen LogP contribution in [-0.2, 0) is 6.61 Å². The van der Waals surface area contributed by atoms with E-state index in [-0.39, 0.29) is 35.1 Å². The van der Waals surface area contributed by atoms with Crippen LogP contribution in [0.25, 0.3) is 0 Å². The summed E-state index contributed by atoms with van der Waals surface area (Å²) < 4.78 is 5.53. The summed E-state index contributed by atoms with van der Waals surface area (Å²) in [4.78, 5) is 10.7. The van der Waals surface area contributed by atoms with Crippen LogP contribution < -0.4 is 4.74 Å². The summed E-state index contributed by atoms with van der Waals surface area (Å²) in [6.07, 6.45) is 0. The summed E-state index contributed by atoms with van der Waals surface area (Å²) >= 11 is 0. The molecule has 0 saturated heterocycles. The van der Waals surface area contributed by atoms with Crippen molar-refractivity contribution in [3.63, 3.8) is 0 Å². The van der Waals surface area contributed by atoms with Gasteiger partial charge in [0.05, 0.1) is 5.56 Å². The fourth-order valence-electron chi connectivity index (χ4n) is 1.43. The molecule has 2 rings (SSSR count). The Morgan fingerprint density at radius 3 is 2.17 bits per heavy atom. The SMILES string of the molecule is O=C(O)c1ccc(OCc2ccccc2)cc1.[Na]. The molecule has 0 unspecified atom stereocenters. The molecule has 2 aromatic carbocycles. The largest absolute Gasteiger partial charge is 0.489 e. The van der Waals surface area contributed by atoms with Crippen molar-refractivity contribution < 1.29 is 14.6 Å². The van der Waals surface area contributed by atoms with Crippen LogP contribution in [0.1, 0.15) is 15.9 Å². The molecule has 3 nitrogen and oxygen atoms in total. The third kappa shape index (κ3) is 4.18. The van der Waals surface area contributed by atoms with Gasteiger partial charge in [-0.15, -0.1) is 0 Å². The number of hydrogen-bond donors (Lipinski definition) is 1. The summed E-state index contributed by atoms with van der Waals surface area (Å²) in [6, 6.07) is 16.2. The predicted octanol–water partition coefficient (Wildman–Crippen LogP) is 2.58. The van der Waals surface area contributed by atoms with Crippen molar-refractivity contribution in [2.75, 3.05) is 0 Å². The Hall–Kier alpha value is -1.29. The zero-order valence-corrected chi connectivity index (χ0v) is 12.2. The number of hydrogen-bond acceptors (Lipinski definition) is 2. The maximum atomic E-state index is 10.7. The first kappa shape index (κ1) is 14.8.